The van der Waals surface area contributed by atoms with Crippen LogP contribution in [0.15, 0.2) is 0 Å². The topological polar surface area (TPSA) is 17.1 Å². The van der Waals surface area contributed by atoms with Crippen molar-refractivity contribution in [2.45, 2.75) is 44.7 Å². The summed E-state index contributed by atoms with van der Waals surface area (Å²) in [6.45, 7) is 6.36. The van der Waals surface area contributed by atoms with Crippen molar-refractivity contribution in [3.8, 4) is 0 Å². The molecule has 1 aliphatic heterocycles. The van der Waals surface area contributed by atoms with E-state index in [9.17, 15) is 4.57 Å². The highest BCUT2D eigenvalue weighted by Gasteiger charge is 2.58. The van der Waals surface area contributed by atoms with Gasteiger partial charge in [-0.25, -0.2) is 0 Å². The molecule has 2 atom stereocenters. The van der Waals surface area contributed by atoms with Crippen LogP contribution in [0.25, 0.3) is 0 Å². The zero-order chi connectivity index (χ0) is 8.54. The van der Waals surface area contributed by atoms with E-state index >= 15 is 0 Å². The lowest BCUT2D eigenvalue weighted by Gasteiger charge is -2.10. The Labute approximate surface area is 69.9 Å². The highest BCUT2D eigenvalue weighted by atomic mass is 31.2. The molecule has 0 amide bonds. The molecule has 1 saturated heterocycles. The fraction of sp³-hybridized carbons (Fsp3) is 1.00. The van der Waals surface area contributed by atoms with Crippen molar-refractivity contribution in [1.29, 1.82) is 0 Å². The second-order valence-corrected chi connectivity index (χ2v) is 7.41. The molecular formula is C9H19OP. The van der Waals surface area contributed by atoms with Crippen LogP contribution >= 0.6 is 7.14 Å². The van der Waals surface area contributed by atoms with Crippen molar-refractivity contribution in [3.63, 3.8) is 0 Å². The van der Waals surface area contributed by atoms with Crippen LogP contribution in [0.3, 0.4) is 0 Å². The molecule has 1 heterocycles. The van der Waals surface area contributed by atoms with Gasteiger partial charge in [-0.1, -0.05) is 26.7 Å². The number of rotatable bonds is 4. The lowest BCUT2D eigenvalue weighted by atomic mass is 10.0. The van der Waals surface area contributed by atoms with Gasteiger partial charge in [0.2, 0.25) is 0 Å². The molecule has 0 aromatic carbocycles. The summed E-state index contributed by atoms with van der Waals surface area (Å²) in [6, 6.07) is 0. The van der Waals surface area contributed by atoms with Gasteiger partial charge in [0.1, 0.15) is 0 Å². The standard InChI is InChI=1S/C9H19OP/c1-4-6-7-9(5-2)8-11(9,3)10/h4-8H2,1-3H3. The van der Waals surface area contributed by atoms with Crippen molar-refractivity contribution in [2.24, 2.45) is 0 Å². The SMILES string of the molecule is CCCCC1(CC)CP1(C)=O. The first kappa shape index (κ1) is 9.32. The van der Waals surface area contributed by atoms with Gasteiger partial charge in [-0.3, -0.25) is 0 Å². The molecule has 1 aliphatic rings. The van der Waals surface area contributed by atoms with Crippen molar-refractivity contribution in [3.05, 3.63) is 0 Å². The lowest BCUT2D eigenvalue weighted by molar-refractivity contribution is 0.551. The van der Waals surface area contributed by atoms with Crippen LogP contribution in [0.4, 0.5) is 0 Å². The molecule has 0 bridgehead atoms. The lowest BCUT2D eigenvalue weighted by Crippen LogP contribution is -2.07. The van der Waals surface area contributed by atoms with Crippen LogP contribution in [0.2, 0.25) is 0 Å². The molecule has 0 saturated carbocycles. The van der Waals surface area contributed by atoms with Crippen LogP contribution in [0.1, 0.15) is 39.5 Å². The first-order valence-electron chi connectivity index (χ1n) is 4.64. The molecule has 0 aromatic heterocycles. The molecular weight excluding hydrogens is 155 g/mol. The van der Waals surface area contributed by atoms with Gasteiger partial charge in [0.15, 0.2) is 0 Å². The molecule has 0 radical (unpaired) electrons. The molecule has 66 valence electrons. The maximum Gasteiger partial charge on any atom is 0.0921 e. The van der Waals surface area contributed by atoms with E-state index in [1.807, 2.05) is 6.66 Å². The Hall–Kier alpha value is 0.230. The average molecular weight is 174 g/mol. The normalized spacial score (nSPS) is 42.5. The molecule has 1 rings (SSSR count). The summed E-state index contributed by atoms with van der Waals surface area (Å²) in [7, 11) is -1.66. The zero-order valence-electron chi connectivity index (χ0n) is 7.89. The Morgan fingerprint density at radius 3 is 2.27 bits per heavy atom. The molecule has 0 N–H and O–H groups in total. The third-order valence-corrected chi connectivity index (χ3v) is 6.68. The summed E-state index contributed by atoms with van der Waals surface area (Å²) in [5.74, 6) is 0. The maximum absolute atomic E-state index is 11.7. The zero-order valence-corrected chi connectivity index (χ0v) is 8.79. The largest absolute Gasteiger partial charge is 0.323 e. The highest BCUT2D eigenvalue weighted by molar-refractivity contribution is 7.72. The Kier molecular flexibility index (Phi) is 2.49. The van der Waals surface area contributed by atoms with E-state index in [1.54, 1.807) is 0 Å². The van der Waals surface area contributed by atoms with Gasteiger partial charge in [-0.15, -0.1) is 0 Å². The minimum atomic E-state index is -1.66. The van der Waals surface area contributed by atoms with E-state index in [-0.39, 0.29) is 0 Å². The summed E-state index contributed by atoms with van der Waals surface area (Å²) in [4.78, 5) is 0. The molecule has 0 aliphatic carbocycles. The van der Waals surface area contributed by atoms with Crippen molar-refractivity contribution < 1.29 is 4.57 Å². The molecule has 1 nitrogen and oxygen atoms in total. The number of hydrogen-bond donors (Lipinski definition) is 0. The predicted octanol–water partition coefficient (Wildman–Crippen LogP) is 3.33. The van der Waals surface area contributed by atoms with Crippen molar-refractivity contribution >= 4 is 7.14 Å². The third-order valence-electron chi connectivity index (χ3n) is 3.15. The second kappa shape index (κ2) is 2.94. The number of hydrogen-bond acceptors (Lipinski definition) is 1. The molecule has 0 aromatic rings. The van der Waals surface area contributed by atoms with Gasteiger partial charge in [-0.05, 0) is 19.5 Å². The van der Waals surface area contributed by atoms with Crippen LogP contribution in [-0.2, 0) is 4.57 Å². The number of unbranched alkanes of at least 4 members (excludes halogenated alkanes) is 1. The summed E-state index contributed by atoms with van der Waals surface area (Å²) < 4.78 is 11.7. The summed E-state index contributed by atoms with van der Waals surface area (Å²) in [6.07, 6.45) is 5.85. The Morgan fingerprint density at radius 2 is 2.00 bits per heavy atom. The first-order valence-corrected chi connectivity index (χ1v) is 6.98. The monoisotopic (exact) mass is 174 g/mol. The summed E-state index contributed by atoms with van der Waals surface area (Å²) in [5, 5.41) is 0.295. The van der Waals surface area contributed by atoms with E-state index in [0.717, 1.165) is 12.6 Å². The van der Waals surface area contributed by atoms with Crippen LogP contribution in [0.5, 0.6) is 0 Å². The third kappa shape index (κ3) is 1.54. The average Bonchev–Trinajstić information content (AvgIpc) is 2.50. The quantitative estimate of drug-likeness (QED) is 0.597. The highest BCUT2D eigenvalue weighted by Crippen LogP contribution is 2.76. The Bertz CT molecular complexity index is 188. The van der Waals surface area contributed by atoms with E-state index in [1.165, 1.54) is 19.3 Å². The van der Waals surface area contributed by atoms with E-state index in [4.69, 9.17) is 0 Å². The molecule has 2 heteroatoms. The first-order chi connectivity index (χ1) is 5.08. The summed E-state index contributed by atoms with van der Waals surface area (Å²) >= 11 is 0. The molecule has 0 spiro atoms. The molecule has 1 fully saturated rings. The second-order valence-electron chi connectivity index (χ2n) is 3.94. The van der Waals surface area contributed by atoms with E-state index in [2.05, 4.69) is 13.8 Å². The van der Waals surface area contributed by atoms with Crippen LogP contribution < -0.4 is 0 Å². The molecule has 11 heavy (non-hydrogen) atoms. The van der Waals surface area contributed by atoms with Gasteiger partial charge in [0.05, 0.1) is 7.14 Å². The van der Waals surface area contributed by atoms with Gasteiger partial charge in [0.25, 0.3) is 0 Å². The minimum absolute atomic E-state index is 0.295. The van der Waals surface area contributed by atoms with Gasteiger partial charge in [0, 0.05) is 11.3 Å². The summed E-state index contributed by atoms with van der Waals surface area (Å²) in [5.41, 5.74) is 0. The smallest absolute Gasteiger partial charge is 0.0921 e. The molecule has 2 unspecified atom stereocenters. The Morgan fingerprint density at radius 1 is 1.45 bits per heavy atom. The van der Waals surface area contributed by atoms with Crippen molar-refractivity contribution in [2.75, 3.05) is 12.8 Å². The predicted molar refractivity (Wildman–Crippen MR) is 50.9 cm³/mol. The van der Waals surface area contributed by atoms with Crippen LogP contribution in [-0.4, -0.2) is 18.0 Å². The van der Waals surface area contributed by atoms with E-state index < -0.39 is 7.14 Å². The van der Waals surface area contributed by atoms with Crippen molar-refractivity contribution in [1.82, 2.24) is 0 Å². The minimum Gasteiger partial charge on any atom is -0.323 e. The van der Waals surface area contributed by atoms with E-state index in [0.29, 0.717) is 5.16 Å². The fourth-order valence-electron chi connectivity index (χ4n) is 1.97. The van der Waals surface area contributed by atoms with Gasteiger partial charge >= 0.3 is 0 Å². The Balaban J connectivity index is 2.47. The maximum atomic E-state index is 11.7. The van der Waals surface area contributed by atoms with Gasteiger partial charge < -0.3 is 4.57 Å². The van der Waals surface area contributed by atoms with Crippen LogP contribution in [0, 0.1) is 0 Å². The fourth-order valence-corrected chi connectivity index (χ4v) is 5.30. The van der Waals surface area contributed by atoms with Gasteiger partial charge in [-0.2, -0.15) is 0 Å².